The average molecular weight is 578 g/mol. The van der Waals surface area contributed by atoms with Gasteiger partial charge in [0.2, 0.25) is 10.0 Å². The van der Waals surface area contributed by atoms with E-state index in [1.807, 2.05) is 6.07 Å². The molecule has 2 heterocycles. The van der Waals surface area contributed by atoms with Crippen LogP contribution < -0.4 is 10.6 Å². The van der Waals surface area contributed by atoms with Crippen molar-refractivity contribution in [1.82, 2.24) is 19.8 Å². The molecular weight excluding hydrogens is 537 g/mol. The molecule has 1 aromatic carbocycles. The van der Waals surface area contributed by atoms with E-state index < -0.39 is 10.0 Å². The highest BCUT2D eigenvalue weighted by atomic mass is 127. The minimum absolute atomic E-state index is 0. The Morgan fingerprint density at radius 2 is 1.81 bits per heavy atom. The Morgan fingerprint density at radius 1 is 1.16 bits per heavy atom. The highest BCUT2D eigenvalue weighted by molar-refractivity contribution is 14.0. The van der Waals surface area contributed by atoms with Crippen molar-refractivity contribution in [2.24, 2.45) is 16.8 Å². The van der Waals surface area contributed by atoms with E-state index >= 15 is 0 Å². The first kappa shape index (κ1) is 27.3. The first-order valence-corrected chi connectivity index (χ1v) is 13.1. The van der Waals surface area contributed by atoms with Crippen LogP contribution in [0.4, 0.5) is 0 Å². The summed E-state index contributed by atoms with van der Waals surface area (Å²) < 4.78 is 27.3. The molecule has 2 saturated heterocycles. The van der Waals surface area contributed by atoms with E-state index in [0.717, 1.165) is 45.0 Å². The first-order chi connectivity index (χ1) is 14.8. The van der Waals surface area contributed by atoms with Gasteiger partial charge in [-0.3, -0.25) is 9.89 Å². The third kappa shape index (κ3) is 7.04. The minimum atomic E-state index is -3.39. The molecular formula is C23H40IN5O2S. The van der Waals surface area contributed by atoms with E-state index in [2.05, 4.69) is 43.2 Å². The van der Waals surface area contributed by atoms with Crippen molar-refractivity contribution in [3.63, 3.8) is 0 Å². The van der Waals surface area contributed by atoms with Crippen molar-refractivity contribution in [3.8, 4) is 0 Å². The van der Waals surface area contributed by atoms with Gasteiger partial charge in [0, 0.05) is 51.4 Å². The molecule has 2 fully saturated rings. The molecule has 2 unspecified atom stereocenters. The van der Waals surface area contributed by atoms with E-state index in [0.29, 0.717) is 41.9 Å². The monoisotopic (exact) mass is 577 g/mol. The van der Waals surface area contributed by atoms with Crippen molar-refractivity contribution < 1.29 is 8.42 Å². The number of nitrogens with zero attached hydrogens (tertiary/aromatic N) is 3. The predicted octanol–water partition coefficient (Wildman–Crippen LogP) is 2.99. The second-order valence-corrected chi connectivity index (χ2v) is 11.1. The maximum atomic E-state index is 12.8. The van der Waals surface area contributed by atoms with Crippen LogP contribution in [-0.2, 0) is 10.0 Å². The summed E-state index contributed by atoms with van der Waals surface area (Å²) in [5.41, 5.74) is 0. The lowest BCUT2D eigenvalue weighted by atomic mass is 9.98. The maximum Gasteiger partial charge on any atom is 0.243 e. The van der Waals surface area contributed by atoms with Gasteiger partial charge in [0.15, 0.2) is 5.96 Å². The van der Waals surface area contributed by atoms with Crippen molar-refractivity contribution >= 4 is 40.0 Å². The molecule has 3 rings (SSSR count). The molecule has 2 N–H and O–H groups in total. The highest BCUT2D eigenvalue weighted by Gasteiger charge is 2.32. The number of hydrogen-bond acceptors (Lipinski definition) is 4. The third-order valence-electron chi connectivity index (χ3n) is 6.50. The Hall–Kier alpha value is -0.910. The Bertz CT molecular complexity index is 826. The van der Waals surface area contributed by atoms with E-state index in [-0.39, 0.29) is 24.0 Å². The third-order valence-corrected chi connectivity index (χ3v) is 8.41. The smallest absolute Gasteiger partial charge is 0.243 e. The topological polar surface area (TPSA) is 77.0 Å². The molecule has 0 spiro atoms. The zero-order valence-corrected chi connectivity index (χ0v) is 23.0. The molecule has 0 saturated carbocycles. The molecule has 0 radical (unpaired) electrons. The van der Waals surface area contributed by atoms with Crippen LogP contribution >= 0.6 is 24.0 Å². The quantitative estimate of drug-likeness (QED) is 0.296. The molecule has 0 aromatic heterocycles. The number of likely N-dealkylation sites (tertiary alicyclic amines) is 1. The van der Waals surface area contributed by atoms with Crippen LogP contribution in [0.2, 0.25) is 0 Å². The SMILES string of the molecule is CCNC(=NCC1CCN(S(=O)(=O)c2ccccc2)CC1)NC1CN(C(C)C)CC1C.I. The minimum Gasteiger partial charge on any atom is -0.357 e. The van der Waals surface area contributed by atoms with Gasteiger partial charge in [-0.2, -0.15) is 4.31 Å². The number of halogens is 1. The Balaban J connectivity index is 0.00000363. The molecule has 182 valence electrons. The second-order valence-electron chi connectivity index (χ2n) is 9.16. The van der Waals surface area contributed by atoms with Crippen LogP contribution in [0, 0.1) is 11.8 Å². The summed E-state index contributed by atoms with van der Waals surface area (Å²) in [4.78, 5) is 7.75. The average Bonchev–Trinajstić information content (AvgIpc) is 3.14. The predicted molar refractivity (Wildman–Crippen MR) is 142 cm³/mol. The Morgan fingerprint density at radius 3 is 2.38 bits per heavy atom. The molecule has 0 amide bonds. The molecule has 9 heteroatoms. The molecule has 0 aliphatic carbocycles. The summed E-state index contributed by atoms with van der Waals surface area (Å²) in [6.45, 7) is 13.7. The molecule has 1 aromatic rings. The van der Waals surface area contributed by atoms with Crippen LogP contribution in [0.15, 0.2) is 40.2 Å². The fourth-order valence-corrected chi connectivity index (χ4v) is 5.89. The van der Waals surface area contributed by atoms with E-state index in [4.69, 9.17) is 4.99 Å². The number of nitrogens with one attached hydrogen (secondary N) is 2. The van der Waals surface area contributed by atoms with Crippen molar-refractivity contribution in [3.05, 3.63) is 30.3 Å². The van der Waals surface area contributed by atoms with Crippen LogP contribution in [0.1, 0.15) is 40.5 Å². The standard InChI is InChI=1S/C23H39N5O2S.HI/c1-5-24-23(26-22-17-27(18(2)3)16-19(22)4)25-15-20-11-13-28(14-12-20)31(29,30)21-9-7-6-8-10-21;/h6-10,18-20,22H,5,11-17H2,1-4H3,(H2,24,25,26);1H. The molecule has 2 atom stereocenters. The van der Waals surface area contributed by atoms with E-state index in [1.165, 1.54) is 0 Å². The fraction of sp³-hybridized carbons (Fsp3) is 0.696. The molecule has 0 bridgehead atoms. The summed E-state index contributed by atoms with van der Waals surface area (Å²) in [7, 11) is -3.39. The van der Waals surface area contributed by atoms with Crippen LogP contribution in [0.25, 0.3) is 0 Å². The summed E-state index contributed by atoms with van der Waals surface area (Å²) in [5, 5.41) is 7.02. The summed E-state index contributed by atoms with van der Waals surface area (Å²) in [6.07, 6.45) is 1.69. The number of benzene rings is 1. The number of hydrogen-bond donors (Lipinski definition) is 2. The number of guanidine groups is 1. The summed E-state index contributed by atoms with van der Waals surface area (Å²) >= 11 is 0. The number of piperidine rings is 1. The molecule has 2 aliphatic rings. The van der Waals surface area contributed by atoms with Crippen LogP contribution in [-0.4, -0.2) is 74.9 Å². The molecule has 2 aliphatic heterocycles. The van der Waals surface area contributed by atoms with Gasteiger partial charge in [-0.25, -0.2) is 8.42 Å². The number of sulfonamides is 1. The van der Waals surface area contributed by atoms with Gasteiger partial charge in [0.1, 0.15) is 0 Å². The summed E-state index contributed by atoms with van der Waals surface area (Å²) in [5.74, 6) is 1.87. The van der Waals surface area contributed by atoms with Gasteiger partial charge in [-0.05, 0) is 57.6 Å². The first-order valence-electron chi connectivity index (χ1n) is 11.6. The fourth-order valence-electron chi connectivity index (χ4n) is 4.40. The van der Waals surface area contributed by atoms with Gasteiger partial charge in [0.25, 0.3) is 0 Å². The Kier molecular flexibility index (Phi) is 10.7. The van der Waals surface area contributed by atoms with E-state index in [9.17, 15) is 8.42 Å². The zero-order valence-electron chi connectivity index (χ0n) is 19.8. The second kappa shape index (κ2) is 12.5. The van der Waals surface area contributed by atoms with Crippen molar-refractivity contribution in [2.45, 2.75) is 57.5 Å². The van der Waals surface area contributed by atoms with Crippen molar-refractivity contribution in [2.75, 3.05) is 39.3 Å². The van der Waals surface area contributed by atoms with Gasteiger partial charge in [-0.15, -0.1) is 24.0 Å². The number of aliphatic imine (C=N–C) groups is 1. The van der Waals surface area contributed by atoms with Gasteiger partial charge < -0.3 is 10.6 Å². The van der Waals surface area contributed by atoms with Crippen molar-refractivity contribution in [1.29, 1.82) is 0 Å². The molecule has 32 heavy (non-hydrogen) atoms. The van der Waals surface area contributed by atoms with Gasteiger partial charge >= 0.3 is 0 Å². The van der Waals surface area contributed by atoms with E-state index in [1.54, 1.807) is 28.6 Å². The zero-order chi connectivity index (χ0) is 22.4. The summed E-state index contributed by atoms with van der Waals surface area (Å²) in [6, 6.07) is 9.69. The maximum absolute atomic E-state index is 12.8. The number of rotatable bonds is 7. The van der Waals surface area contributed by atoms with Gasteiger partial charge in [-0.1, -0.05) is 25.1 Å². The lowest BCUT2D eigenvalue weighted by Gasteiger charge is -2.30. The largest absolute Gasteiger partial charge is 0.357 e. The van der Waals surface area contributed by atoms with Gasteiger partial charge in [0.05, 0.1) is 4.90 Å². The van der Waals surface area contributed by atoms with Crippen LogP contribution in [0.3, 0.4) is 0 Å². The molecule has 7 nitrogen and oxygen atoms in total. The lowest BCUT2D eigenvalue weighted by molar-refractivity contribution is 0.265. The highest BCUT2D eigenvalue weighted by Crippen LogP contribution is 2.24. The van der Waals surface area contributed by atoms with Crippen LogP contribution in [0.5, 0.6) is 0 Å². The normalized spacial score (nSPS) is 23.8. The lowest BCUT2D eigenvalue weighted by Crippen LogP contribution is -2.47. The Labute approximate surface area is 211 Å².